The van der Waals surface area contributed by atoms with Crippen molar-refractivity contribution in [3.8, 4) is 0 Å². The second kappa shape index (κ2) is 16.1. The average Bonchev–Trinajstić information content (AvgIpc) is 3.66. The van der Waals surface area contributed by atoms with E-state index in [2.05, 4.69) is 194 Å². The number of fused-ring (bicyclic) bond motifs is 7. The lowest BCUT2D eigenvalue weighted by atomic mass is 9.80. The van der Waals surface area contributed by atoms with Gasteiger partial charge in [0.25, 0.3) is 0 Å². The summed E-state index contributed by atoms with van der Waals surface area (Å²) in [5.41, 5.74) is 13.3. The van der Waals surface area contributed by atoms with Crippen LogP contribution in [0.1, 0.15) is 77.1 Å². The summed E-state index contributed by atoms with van der Waals surface area (Å²) in [7, 11) is 0. The van der Waals surface area contributed by atoms with Crippen molar-refractivity contribution < 1.29 is 0 Å². The van der Waals surface area contributed by atoms with Crippen molar-refractivity contribution >= 4 is 69.8 Å². The van der Waals surface area contributed by atoms with Crippen molar-refractivity contribution in [2.75, 3.05) is 0 Å². The minimum Gasteiger partial charge on any atom is -0.135 e. The van der Waals surface area contributed by atoms with Gasteiger partial charge < -0.3 is 0 Å². The van der Waals surface area contributed by atoms with Crippen LogP contribution in [0, 0.1) is 0 Å². The maximum Gasteiger partial charge on any atom is 0.0361 e. The summed E-state index contributed by atoms with van der Waals surface area (Å²) < 4.78 is 2.70. The highest BCUT2D eigenvalue weighted by Gasteiger charge is 2.39. The molecule has 0 N–H and O–H groups in total. The highest BCUT2D eigenvalue weighted by molar-refractivity contribution is 7.25. The molecule has 0 spiro atoms. The Labute approximate surface area is 337 Å². The van der Waals surface area contributed by atoms with Gasteiger partial charge in [-0.1, -0.05) is 161 Å². The standard InChI is InChI=1S/C55H52S/c1-10-21-36(4)37(5)32-38(6)42-22-15-13-14-16-23-43(45-25-18-17-24-44(42)45)39(7)33-40(11-2)28-30-46-48-31-29-41-34-50-47-26-19-20-27-52(47)56-53(50)35-49(41)54(48)55(8,9)51(46)12-3/h10-27,29-35H,4,6,28H2,1-3,5,7-9H3/b14-13?,15-13?,16-14?,21-10-,22-15?,23-16?,37-32-,39-33+,40-11-,42-22?,43-23?,44-42?,45-43?,46-30-,51-12+. The molecule has 0 bridgehead atoms. The summed E-state index contributed by atoms with van der Waals surface area (Å²) >= 11 is 1.90. The molecule has 0 atom stereocenters. The Morgan fingerprint density at radius 1 is 0.679 bits per heavy atom. The molecule has 0 fully saturated rings. The molecule has 0 saturated carbocycles. The third kappa shape index (κ3) is 7.20. The number of hydrogen-bond donors (Lipinski definition) is 0. The first-order chi connectivity index (χ1) is 27.1. The van der Waals surface area contributed by atoms with Gasteiger partial charge in [0.2, 0.25) is 0 Å². The van der Waals surface area contributed by atoms with Crippen molar-refractivity contribution in [3.05, 3.63) is 209 Å². The smallest absolute Gasteiger partial charge is 0.0361 e. The first-order valence-electron chi connectivity index (χ1n) is 19.7. The van der Waals surface area contributed by atoms with Crippen LogP contribution in [0.3, 0.4) is 0 Å². The fourth-order valence-corrected chi connectivity index (χ4v) is 9.71. The number of rotatable bonds is 8. The molecule has 0 amide bonds. The van der Waals surface area contributed by atoms with Crippen LogP contribution in [0.25, 0.3) is 58.4 Å². The molecule has 0 radical (unpaired) electrons. The van der Waals surface area contributed by atoms with E-state index in [-0.39, 0.29) is 5.41 Å². The molecular formula is C55H52S. The van der Waals surface area contributed by atoms with Crippen LogP contribution < -0.4 is 0 Å². The van der Waals surface area contributed by atoms with E-state index in [1.807, 2.05) is 30.4 Å². The van der Waals surface area contributed by atoms with Gasteiger partial charge in [-0.3, -0.25) is 0 Å². The molecule has 1 heteroatoms. The molecule has 0 nitrogen and oxygen atoms in total. The van der Waals surface area contributed by atoms with Crippen LogP contribution in [0.5, 0.6) is 0 Å². The largest absolute Gasteiger partial charge is 0.135 e. The second-order valence-electron chi connectivity index (χ2n) is 15.3. The number of thiophene rings is 1. The normalized spacial score (nSPS) is 16.1. The summed E-state index contributed by atoms with van der Waals surface area (Å²) in [5.74, 6) is 0. The van der Waals surface area contributed by atoms with Gasteiger partial charge in [-0.2, -0.15) is 0 Å². The molecular weight excluding hydrogens is 693 g/mol. The lowest BCUT2D eigenvalue weighted by molar-refractivity contribution is 0.665. The Kier molecular flexibility index (Phi) is 11.1. The fourth-order valence-electron chi connectivity index (χ4n) is 8.58. The van der Waals surface area contributed by atoms with E-state index in [1.165, 1.54) is 75.3 Å². The topological polar surface area (TPSA) is 0 Å². The maximum absolute atomic E-state index is 4.54. The van der Waals surface area contributed by atoms with Crippen LogP contribution in [0.4, 0.5) is 0 Å². The van der Waals surface area contributed by atoms with Crippen molar-refractivity contribution in [3.63, 3.8) is 0 Å². The van der Waals surface area contributed by atoms with Crippen molar-refractivity contribution in [2.45, 2.75) is 60.3 Å². The zero-order chi connectivity index (χ0) is 39.6. The van der Waals surface area contributed by atoms with Crippen molar-refractivity contribution in [1.29, 1.82) is 0 Å². The van der Waals surface area contributed by atoms with E-state index >= 15 is 0 Å². The van der Waals surface area contributed by atoms with E-state index in [0.29, 0.717) is 0 Å². The summed E-state index contributed by atoms with van der Waals surface area (Å²) in [6.07, 6.45) is 16.5. The first-order valence-corrected chi connectivity index (χ1v) is 20.5. The maximum atomic E-state index is 4.54. The second-order valence-corrected chi connectivity index (χ2v) is 16.4. The van der Waals surface area contributed by atoms with Gasteiger partial charge in [-0.25, -0.2) is 0 Å². The van der Waals surface area contributed by atoms with E-state index in [4.69, 9.17) is 0 Å². The SMILES string of the molecule is C=C(/C=C\C)/C(C)=C\C(=C)c1ccccccc(/C(C)=C/C(=C\C)C/C=C2\C(=C/C)C(C)(C)c3c2ccc2cc4c(cc32)sc2ccccc24)c2ccccc12. The van der Waals surface area contributed by atoms with E-state index in [9.17, 15) is 0 Å². The highest BCUT2D eigenvalue weighted by Crippen LogP contribution is 2.53. The third-order valence-corrected chi connectivity index (χ3v) is 12.5. The molecule has 278 valence electrons. The Morgan fingerprint density at radius 3 is 2.04 bits per heavy atom. The van der Waals surface area contributed by atoms with E-state index in [0.717, 1.165) is 34.1 Å². The third-order valence-electron chi connectivity index (χ3n) is 11.4. The Hall–Kier alpha value is -5.76. The van der Waals surface area contributed by atoms with Gasteiger partial charge in [0.15, 0.2) is 0 Å². The molecule has 0 aliphatic heterocycles. The van der Waals surface area contributed by atoms with Crippen LogP contribution in [-0.4, -0.2) is 0 Å². The van der Waals surface area contributed by atoms with Crippen molar-refractivity contribution in [2.24, 2.45) is 0 Å². The van der Waals surface area contributed by atoms with Crippen LogP contribution in [0.15, 0.2) is 187 Å². The summed E-state index contributed by atoms with van der Waals surface area (Å²) in [4.78, 5) is 0. The number of allylic oxidation sites excluding steroid dienone is 14. The van der Waals surface area contributed by atoms with Crippen LogP contribution >= 0.6 is 11.3 Å². The van der Waals surface area contributed by atoms with Gasteiger partial charge in [0.05, 0.1) is 0 Å². The molecule has 56 heavy (non-hydrogen) atoms. The summed E-state index contributed by atoms with van der Waals surface area (Å²) in [6, 6.07) is 39.9. The van der Waals surface area contributed by atoms with Crippen LogP contribution in [0.2, 0.25) is 0 Å². The number of benzene rings is 4. The van der Waals surface area contributed by atoms with Gasteiger partial charge >= 0.3 is 0 Å². The van der Waals surface area contributed by atoms with Gasteiger partial charge in [0, 0.05) is 25.6 Å². The quantitative estimate of drug-likeness (QED) is 0.136. The predicted molar refractivity (Wildman–Crippen MR) is 252 cm³/mol. The lowest BCUT2D eigenvalue weighted by Gasteiger charge is -2.23. The molecule has 0 unspecified atom stereocenters. The minimum atomic E-state index is -0.115. The molecule has 1 aliphatic carbocycles. The Morgan fingerprint density at radius 2 is 1.34 bits per heavy atom. The highest BCUT2D eigenvalue weighted by atomic mass is 32.1. The van der Waals surface area contributed by atoms with E-state index < -0.39 is 0 Å². The zero-order valence-corrected chi connectivity index (χ0v) is 34.8. The molecule has 6 aromatic rings. The predicted octanol–water partition coefficient (Wildman–Crippen LogP) is 16.6. The van der Waals surface area contributed by atoms with Crippen LogP contribution in [-0.2, 0) is 5.41 Å². The van der Waals surface area contributed by atoms with E-state index in [1.54, 1.807) is 0 Å². The molecule has 1 aliphatic rings. The monoisotopic (exact) mass is 744 g/mol. The molecule has 5 aromatic carbocycles. The number of hydrogen-bond acceptors (Lipinski definition) is 1. The summed E-state index contributed by atoms with van der Waals surface area (Å²) in [6.45, 7) is 24.3. The Bertz CT molecular complexity index is 2810. The minimum absolute atomic E-state index is 0.115. The molecule has 7 rings (SSSR count). The van der Waals surface area contributed by atoms with Gasteiger partial charge in [-0.15, -0.1) is 11.3 Å². The summed E-state index contributed by atoms with van der Waals surface area (Å²) in [5, 5.41) is 7.72. The molecule has 1 heterocycles. The fraction of sp³-hybridized carbons (Fsp3) is 0.164. The van der Waals surface area contributed by atoms with Gasteiger partial charge in [-0.05, 0) is 142 Å². The van der Waals surface area contributed by atoms with Gasteiger partial charge in [0.1, 0.15) is 0 Å². The molecule has 0 saturated heterocycles. The molecule has 1 aromatic heterocycles. The first kappa shape index (κ1) is 38.5. The zero-order valence-electron chi connectivity index (χ0n) is 34.0. The lowest BCUT2D eigenvalue weighted by Crippen LogP contribution is -2.15. The van der Waals surface area contributed by atoms with Crippen molar-refractivity contribution in [1.82, 2.24) is 0 Å². The average molecular weight is 745 g/mol. The Balaban J connectivity index is 1.30.